The van der Waals surface area contributed by atoms with Gasteiger partial charge in [0.05, 0.1) is 0 Å². The highest BCUT2D eigenvalue weighted by molar-refractivity contribution is 14.1. The fourth-order valence-corrected chi connectivity index (χ4v) is 2.55. The number of hydrogen-bond acceptors (Lipinski definition) is 2. The Morgan fingerprint density at radius 1 is 1.38 bits per heavy atom. The Kier molecular flexibility index (Phi) is 3.81. The number of benzene rings is 1. The van der Waals surface area contributed by atoms with Crippen LogP contribution in [0.3, 0.4) is 0 Å². The van der Waals surface area contributed by atoms with Gasteiger partial charge >= 0.3 is 0 Å². The van der Waals surface area contributed by atoms with Crippen LogP contribution < -0.4 is 5.32 Å². The van der Waals surface area contributed by atoms with Gasteiger partial charge in [0.15, 0.2) is 0 Å². The van der Waals surface area contributed by atoms with Gasteiger partial charge in [-0.05, 0) is 53.3 Å². The monoisotopic (exact) mass is 330 g/mol. The number of carbonyl (C=O) groups is 1. The molecule has 0 aliphatic carbocycles. The van der Waals surface area contributed by atoms with Crippen LogP contribution in [0.4, 0.5) is 0 Å². The van der Waals surface area contributed by atoms with E-state index in [0.29, 0.717) is 0 Å². The highest BCUT2D eigenvalue weighted by atomic mass is 127. The summed E-state index contributed by atoms with van der Waals surface area (Å²) in [6.07, 6.45) is 0. The van der Waals surface area contributed by atoms with Crippen molar-refractivity contribution in [3.63, 3.8) is 0 Å². The van der Waals surface area contributed by atoms with E-state index in [9.17, 15) is 4.79 Å². The van der Waals surface area contributed by atoms with Crippen molar-refractivity contribution in [2.45, 2.75) is 6.92 Å². The number of amides is 1. The molecule has 3 nitrogen and oxygen atoms in total. The van der Waals surface area contributed by atoms with Crippen molar-refractivity contribution < 1.29 is 4.79 Å². The zero-order chi connectivity index (χ0) is 11.5. The lowest BCUT2D eigenvalue weighted by atomic mass is 10.1. The van der Waals surface area contributed by atoms with Crippen molar-refractivity contribution in [1.82, 2.24) is 10.2 Å². The molecular formula is C12H15IN2O. The maximum Gasteiger partial charge on any atom is 0.254 e. The first-order chi connectivity index (χ1) is 7.68. The van der Waals surface area contributed by atoms with Crippen LogP contribution in [0.15, 0.2) is 18.2 Å². The van der Waals surface area contributed by atoms with E-state index >= 15 is 0 Å². The number of rotatable bonds is 1. The van der Waals surface area contributed by atoms with Crippen LogP contribution in [0.1, 0.15) is 15.9 Å². The first-order valence-electron chi connectivity index (χ1n) is 5.44. The van der Waals surface area contributed by atoms with Gasteiger partial charge in [-0.3, -0.25) is 4.79 Å². The predicted molar refractivity (Wildman–Crippen MR) is 72.7 cm³/mol. The molecular weight excluding hydrogens is 315 g/mol. The third-order valence-electron chi connectivity index (χ3n) is 2.82. The van der Waals surface area contributed by atoms with E-state index in [1.54, 1.807) is 0 Å². The number of nitrogens with one attached hydrogen (secondary N) is 1. The highest BCUT2D eigenvalue weighted by Crippen LogP contribution is 2.15. The first kappa shape index (κ1) is 11.9. The third kappa shape index (κ3) is 2.55. The quantitative estimate of drug-likeness (QED) is 0.794. The molecule has 0 saturated carbocycles. The number of nitrogens with zero attached hydrogens (tertiary/aromatic N) is 1. The van der Waals surface area contributed by atoms with Crippen LogP contribution in [0, 0.1) is 10.5 Å². The predicted octanol–water partition coefficient (Wildman–Crippen LogP) is 1.65. The standard InChI is InChI=1S/C12H15IN2O/c1-9-8-10(13)2-3-11(9)12(16)15-6-4-14-5-7-15/h2-3,8,14H,4-7H2,1H3. The molecule has 1 heterocycles. The maximum atomic E-state index is 12.2. The van der Waals surface area contributed by atoms with Crippen molar-refractivity contribution >= 4 is 28.5 Å². The molecule has 1 saturated heterocycles. The molecule has 86 valence electrons. The van der Waals surface area contributed by atoms with Crippen molar-refractivity contribution in [1.29, 1.82) is 0 Å². The molecule has 4 heteroatoms. The van der Waals surface area contributed by atoms with Crippen molar-refractivity contribution in [3.8, 4) is 0 Å². The summed E-state index contributed by atoms with van der Waals surface area (Å²) < 4.78 is 1.17. The Hall–Kier alpha value is -0.620. The van der Waals surface area contributed by atoms with Crippen LogP contribution in [0.5, 0.6) is 0 Å². The molecule has 1 aromatic carbocycles. The van der Waals surface area contributed by atoms with Gasteiger partial charge in [-0.1, -0.05) is 0 Å². The van der Waals surface area contributed by atoms with Gasteiger partial charge in [-0.2, -0.15) is 0 Å². The molecule has 1 aliphatic heterocycles. The summed E-state index contributed by atoms with van der Waals surface area (Å²) in [5.74, 6) is 0.162. The third-order valence-corrected chi connectivity index (χ3v) is 3.49. The second-order valence-electron chi connectivity index (χ2n) is 4.00. The Balaban J connectivity index is 2.19. The van der Waals surface area contributed by atoms with Crippen molar-refractivity contribution in [3.05, 3.63) is 32.9 Å². The second kappa shape index (κ2) is 5.14. The molecule has 0 bridgehead atoms. The van der Waals surface area contributed by atoms with Crippen LogP contribution >= 0.6 is 22.6 Å². The van der Waals surface area contributed by atoms with Gasteiger partial charge in [0.1, 0.15) is 0 Å². The summed E-state index contributed by atoms with van der Waals surface area (Å²) in [7, 11) is 0. The highest BCUT2D eigenvalue weighted by Gasteiger charge is 2.19. The fourth-order valence-electron chi connectivity index (χ4n) is 1.91. The van der Waals surface area contributed by atoms with E-state index in [1.807, 2.05) is 24.0 Å². The van der Waals surface area contributed by atoms with Crippen molar-refractivity contribution in [2.24, 2.45) is 0 Å². The van der Waals surface area contributed by atoms with Crippen LogP contribution in [0.2, 0.25) is 0 Å². The molecule has 0 spiro atoms. The topological polar surface area (TPSA) is 32.3 Å². The molecule has 0 unspecified atom stereocenters. The molecule has 1 N–H and O–H groups in total. The second-order valence-corrected chi connectivity index (χ2v) is 5.25. The fraction of sp³-hybridized carbons (Fsp3) is 0.417. The lowest BCUT2D eigenvalue weighted by molar-refractivity contribution is 0.0735. The van der Waals surface area contributed by atoms with Gasteiger partial charge in [-0.25, -0.2) is 0 Å². The van der Waals surface area contributed by atoms with Crippen LogP contribution in [-0.2, 0) is 0 Å². The summed E-state index contributed by atoms with van der Waals surface area (Å²) in [6, 6.07) is 5.97. The smallest absolute Gasteiger partial charge is 0.254 e. The van der Waals surface area contributed by atoms with Gasteiger partial charge in [-0.15, -0.1) is 0 Å². The largest absolute Gasteiger partial charge is 0.336 e. The Morgan fingerprint density at radius 2 is 2.06 bits per heavy atom. The van der Waals surface area contributed by atoms with Crippen LogP contribution in [0.25, 0.3) is 0 Å². The molecule has 1 amide bonds. The molecule has 2 rings (SSSR count). The molecule has 1 aliphatic rings. The zero-order valence-electron chi connectivity index (χ0n) is 9.29. The minimum atomic E-state index is 0.162. The van der Waals surface area contributed by atoms with E-state index < -0.39 is 0 Å². The number of aryl methyl sites for hydroxylation is 1. The SMILES string of the molecule is Cc1cc(I)ccc1C(=O)N1CCNCC1. The first-order valence-corrected chi connectivity index (χ1v) is 6.52. The van der Waals surface area contributed by atoms with Crippen molar-refractivity contribution in [2.75, 3.05) is 26.2 Å². The molecule has 16 heavy (non-hydrogen) atoms. The molecule has 0 atom stereocenters. The Labute approximate surface area is 109 Å². The average Bonchev–Trinajstić information content (AvgIpc) is 2.29. The van der Waals surface area contributed by atoms with E-state index in [0.717, 1.165) is 37.3 Å². The van der Waals surface area contributed by atoms with Crippen LogP contribution in [-0.4, -0.2) is 37.0 Å². The average molecular weight is 330 g/mol. The minimum Gasteiger partial charge on any atom is -0.336 e. The lowest BCUT2D eigenvalue weighted by Crippen LogP contribution is -2.46. The van der Waals surface area contributed by atoms with E-state index in [2.05, 4.69) is 34.0 Å². The molecule has 1 fully saturated rings. The number of halogens is 1. The number of carbonyl (C=O) groups excluding carboxylic acids is 1. The normalized spacial score (nSPS) is 16.2. The van der Waals surface area contributed by atoms with Gasteiger partial charge in [0, 0.05) is 35.3 Å². The summed E-state index contributed by atoms with van der Waals surface area (Å²) in [5.41, 5.74) is 1.90. The van der Waals surface area contributed by atoms with E-state index in [4.69, 9.17) is 0 Å². The molecule has 0 radical (unpaired) electrons. The Morgan fingerprint density at radius 3 is 2.69 bits per heavy atom. The lowest BCUT2D eigenvalue weighted by Gasteiger charge is -2.28. The molecule has 0 aromatic heterocycles. The summed E-state index contributed by atoms with van der Waals surface area (Å²) in [5, 5.41) is 3.25. The molecule has 1 aromatic rings. The van der Waals surface area contributed by atoms with E-state index in [1.165, 1.54) is 3.57 Å². The summed E-state index contributed by atoms with van der Waals surface area (Å²) in [4.78, 5) is 14.1. The summed E-state index contributed by atoms with van der Waals surface area (Å²) in [6.45, 7) is 5.41. The maximum absolute atomic E-state index is 12.2. The minimum absolute atomic E-state index is 0.162. The van der Waals surface area contributed by atoms with Gasteiger partial charge in [0.25, 0.3) is 5.91 Å². The number of hydrogen-bond donors (Lipinski definition) is 1. The van der Waals surface area contributed by atoms with Gasteiger partial charge < -0.3 is 10.2 Å². The zero-order valence-corrected chi connectivity index (χ0v) is 11.5. The van der Waals surface area contributed by atoms with Gasteiger partial charge in [0.2, 0.25) is 0 Å². The summed E-state index contributed by atoms with van der Waals surface area (Å²) >= 11 is 2.27. The number of piperazine rings is 1. The van der Waals surface area contributed by atoms with E-state index in [-0.39, 0.29) is 5.91 Å². The Bertz CT molecular complexity index is 400.